The van der Waals surface area contributed by atoms with Crippen LogP contribution in [0.3, 0.4) is 0 Å². The highest BCUT2D eigenvalue weighted by atomic mass is 79.9. The molecule has 1 rings (SSSR count). The molecule has 0 amide bonds. The highest BCUT2D eigenvalue weighted by molar-refractivity contribution is 9.10. The molecule has 0 saturated heterocycles. The third-order valence-corrected chi connectivity index (χ3v) is 3.27. The lowest BCUT2D eigenvalue weighted by Gasteiger charge is -2.25. The minimum absolute atomic E-state index is 0.281. The van der Waals surface area contributed by atoms with Crippen molar-refractivity contribution in [1.29, 1.82) is 0 Å². The van der Waals surface area contributed by atoms with Crippen LogP contribution in [0.5, 0.6) is 0 Å². The highest BCUT2D eigenvalue weighted by Crippen LogP contribution is 2.17. The summed E-state index contributed by atoms with van der Waals surface area (Å²) in [5.41, 5.74) is 6.03. The van der Waals surface area contributed by atoms with Crippen LogP contribution in [0.1, 0.15) is 26.3 Å². The van der Waals surface area contributed by atoms with Crippen LogP contribution in [0.2, 0.25) is 0 Å². The zero-order valence-corrected chi connectivity index (χ0v) is 13.9. The van der Waals surface area contributed by atoms with Crippen LogP contribution in [0.15, 0.2) is 28.7 Å². The van der Waals surface area contributed by atoms with Crippen LogP contribution in [-0.4, -0.2) is 28.7 Å². The van der Waals surface area contributed by atoms with E-state index in [0.717, 1.165) is 10.0 Å². The fourth-order valence-corrected chi connectivity index (χ4v) is 2.10. The van der Waals surface area contributed by atoms with Crippen molar-refractivity contribution in [1.82, 2.24) is 0 Å². The van der Waals surface area contributed by atoms with Gasteiger partial charge in [-0.1, -0.05) is 28.1 Å². The number of rotatable bonds is 5. The Bertz CT molecular complexity index is 507. The number of esters is 1. The minimum atomic E-state index is -1.38. The fourth-order valence-electron chi connectivity index (χ4n) is 1.83. The molecule has 3 N–H and O–H groups in total. The van der Waals surface area contributed by atoms with Crippen LogP contribution in [-0.2, 0) is 20.7 Å². The summed E-state index contributed by atoms with van der Waals surface area (Å²) in [6.07, 6.45) is 0.281. The van der Waals surface area contributed by atoms with Crippen LogP contribution in [0.4, 0.5) is 0 Å². The lowest BCUT2D eigenvalue weighted by atomic mass is 9.94. The van der Waals surface area contributed by atoms with E-state index >= 15 is 0 Å². The van der Waals surface area contributed by atoms with E-state index in [1.54, 1.807) is 20.8 Å². The lowest BCUT2D eigenvalue weighted by molar-refractivity contribution is -0.167. The molecular formula is C15H20BrNO4. The summed E-state index contributed by atoms with van der Waals surface area (Å²) in [6.45, 7) is 5.05. The number of carboxylic acid groups (broad SMARTS) is 1. The van der Waals surface area contributed by atoms with Gasteiger partial charge in [-0.2, -0.15) is 0 Å². The highest BCUT2D eigenvalue weighted by Gasteiger charge is 2.36. The first kappa shape index (κ1) is 17.7. The Balaban J connectivity index is 2.82. The normalized spacial score (nSPS) is 14.3. The number of carboxylic acids is 1. The Morgan fingerprint density at radius 1 is 1.29 bits per heavy atom. The number of ether oxygens (including phenoxy) is 1. The van der Waals surface area contributed by atoms with E-state index in [1.165, 1.54) is 0 Å². The van der Waals surface area contributed by atoms with Gasteiger partial charge in [0.25, 0.3) is 0 Å². The number of carbonyl (C=O) groups excluding carboxylic acids is 1. The summed E-state index contributed by atoms with van der Waals surface area (Å²) in [5.74, 6) is -3.46. The van der Waals surface area contributed by atoms with Crippen molar-refractivity contribution in [3.8, 4) is 0 Å². The van der Waals surface area contributed by atoms with Gasteiger partial charge in [-0.05, 0) is 44.9 Å². The molecule has 0 spiro atoms. The first-order valence-electron chi connectivity index (χ1n) is 6.56. The molecule has 0 saturated carbocycles. The summed E-state index contributed by atoms with van der Waals surface area (Å²) >= 11 is 3.32. The summed E-state index contributed by atoms with van der Waals surface area (Å²) < 4.78 is 6.05. The Morgan fingerprint density at radius 2 is 1.81 bits per heavy atom. The fraction of sp³-hybridized carbons (Fsp3) is 0.467. The van der Waals surface area contributed by atoms with E-state index in [4.69, 9.17) is 10.5 Å². The molecular weight excluding hydrogens is 338 g/mol. The number of halogens is 1. The van der Waals surface area contributed by atoms with Gasteiger partial charge in [0.05, 0.1) is 0 Å². The molecule has 0 aromatic heterocycles. The van der Waals surface area contributed by atoms with Gasteiger partial charge in [-0.3, -0.25) is 9.59 Å². The smallest absolute Gasteiger partial charge is 0.322 e. The zero-order chi connectivity index (χ0) is 16.2. The van der Waals surface area contributed by atoms with Gasteiger partial charge in [-0.25, -0.2) is 0 Å². The number of carbonyl (C=O) groups is 2. The first-order chi connectivity index (χ1) is 9.60. The van der Waals surface area contributed by atoms with Crippen molar-refractivity contribution in [2.45, 2.75) is 38.8 Å². The second kappa shape index (κ2) is 7.04. The summed E-state index contributed by atoms with van der Waals surface area (Å²) in [6, 6.07) is 6.49. The maximum Gasteiger partial charge on any atom is 0.322 e. The van der Waals surface area contributed by atoms with Crippen molar-refractivity contribution in [2.24, 2.45) is 11.7 Å². The second-order valence-electron chi connectivity index (χ2n) is 5.84. The standard InChI is InChI=1S/C15H20BrNO4/c1-15(2,3)21-14(20)12(13(18)19)11(17)8-9-4-6-10(16)7-5-9/h4-7,11-12H,8,17H2,1-3H3,(H,18,19)/t11?,12-/m0/s1. The van der Waals surface area contributed by atoms with Gasteiger partial charge in [-0.15, -0.1) is 0 Å². The molecule has 116 valence electrons. The average Bonchev–Trinajstić information content (AvgIpc) is 2.29. The lowest BCUT2D eigenvalue weighted by Crippen LogP contribution is -2.45. The number of aliphatic carboxylic acids is 1. The average molecular weight is 358 g/mol. The van der Waals surface area contributed by atoms with Crippen LogP contribution in [0.25, 0.3) is 0 Å². The molecule has 0 aliphatic rings. The van der Waals surface area contributed by atoms with E-state index in [-0.39, 0.29) is 6.42 Å². The van der Waals surface area contributed by atoms with Crippen LogP contribution >= 0.6 is 15.9 Å². The topological polar surface area (TPSA) is 89.6 Å². The van der Waals surface area contributed by atoms with Gasteiger partial charge in [0, 0.05) is 10.5 Å². The second-order valence-corrected chi connectivity index (χ2v) is 6.76. The monoisotopic (exact) mass is 357 g/mol. The molecule has 1 aromatic carbocycles. The molecule has 0 heterocycles. The van der Waals surface area contributed by atoms with Gasteiger partial charge in [0.2, 0.25) is 0 Å². The van der Waals surface area contributed by atoms with Crippen molar-refractivity contribution >= 4 is 27.9 Å². The molecule has 21 heavy (non-hydrogen) atoms. The molecule has 0 radical (unpaired) electrons. The number of hydrogen-bond donors (Lipinski definition) is 2. The van der Waals surface area contributed by atoms with Crippen molar-refractivity contribution in [3.05, 3.63) is 34.3 Å². The Kier molecular flexibility index (Phi) is 5.92. The number of hydrogen-bond acceptors (Lipinski definition) is 4. The van der Waals surface area contributed by atoms with E-state index in [0.29, 0.717) is 0 Å². The van der Waals surface area contributed by atoms with Crippen molar-refractivity contribution < 1.29 is 19.4 Å². The third kappa shape index (κ3) is 5.85. The Labute approximate surface area is 132 Å². The molecule has 0 fully saturated rings. The summed E-state index contributed by atoms with van der Waals surface area (Å²) in [4.78, 5) is 23.3. The number of benzene rings is 1. The molecule has 0 aliphatic heterocycles. The van der Waals surface area contributed by atoms with E-state index in [9.17, 15) is 14.7 Å². The Hall–Kier alpha value is -1.40. The quantitative estimate of drug-likeness (QED) is 0.623. The zero-order valence-electron chi connectivity index (χ0n) is 12.3. The van der Waals surface area contributed by atoms with Gasteiger partial charge in [0.1, 0.15) is 5.60 Å². The maximum absolute atomic E-state index is 12.0. The molecule has 1 aromatic rings. The van der Waals surface area contributed by atoms with E-state index in [2.05, 4.69) is 15.9 Å². The molecule has 2 atom stereocenters. The largest absolute Gasteiger partial charge is 0.481 e. The molecule has 1 unspecified atom stereocenters. The van der Waals surface area contributed by atoms with Gasteiger partial charge < -0.3 is 15.6 Å². The maximum atomic E-state index is 12.0. The van der Waals surface area contributed by atoms with Gasteiger partial charge >= 0.3 is 11.9 Å². The van der Waals surface area contributed by atoms with E-state index < -0.39 is 29.5 Å². The molecule has 6 heteroatoms. The molecule has 0 bridgehead atoms. The van der Waals surface area contributed by atoms with Crippen molar-refractivity contribution in [3.63, 3.8) is 0 Å². The van der Waals surface area contributed by atoms with Gasteiger partial charge in [0.15, 0.2) is 5.92 Å². The van der Waals surface area contributed by atoms with Crippen molar-refractivity contribution in [2.75, 3.05) is 0 Å². The predicted molar refractivity (Wildman–Crippen MR) is 82.8 cm³/mol. The van der Waals surface area contributed by atoms with Crippen LogP contribution in [0, 0.1) is 5.92 Å². The van der Waals surface area contributed by atoms with E-state index in [1.807, 2.05) is 24.3 Å². The van der Waals surface area contributed by atoms with Crippen LogP contribution < -0.4 is 5.73 Å². The predicted octanol–water partition coefficient (Wildman–Crippen LogP) is 2.36. The minimum Gasteiger partial charge on any atom is -0.481 e. The summed E-state index contributed by atoms with van der Waals surface area (Å²) in [5, 5.41) is 9.24. The third-order valence-electron chi connectivity index (χ3n) is 2.74. The molecule has 5 nitrogen and oxygen atoms in total. The number of nitrogens with two attached hydrogens (primary N) is 1. The first-order valence-corrected chi connectivity index (χ1v) is 7.35. The summed E-state index contributed by atoms with van der Waals surface area (Å²) in [7, 11) is 0. The SMILES string of the molecule is CC(C)(C)OC(=O)[C@H](C(=O)O)C(N)Cc1ccc(Br)cc1. The molecule has 0 aliphatic carbocycles. The Morgan fingerprint density at radius 3 is 2.24 bits per heavy atom.